The Morgan fingerprint density at radius 3 is 2.32 bits per heavy atom. The van der Waals surface area contributed by atoms with Crippen LogP contribution in [-0.2, 0) is 9.59 Å². The van der Waals surface area contributed by atoms with E-state index in [1.54, 1.807) is 29.5 Å². The van der Waals surface area contributed by atoms with Crippen molar-refractivity contribution in [3.05, 3.63) is 69.4 Å². The summed E-state index contributed by atoms with van der Waals surface area (Å²) in [6.07, 6.45) is 1.80. The number of allylic oxidation sites excluding steroid dienone is 1. The molecule has 2 heterocycles. The van der Waals surface area contributed by atoms with E-state index < -0.39 is 0 Å². The number of hydrogen-bond acceptors (Lipinski definition) is 3. The van der Waals surface area contributed by atoms with Crippen molar-refractivity contribution >= 4 is 34.9 Å². The number of amides is 2. The SMILES string of the molecule is CC(C)=C1C(=O)N(c2ccccc2)C(=O)/C1=C/c1cccs1. The van der Waals surface area contributed by atoms with Gasteiger partial charge >= 0.3 is 0 Å². The second-order valence-electron chi connectivity index (χ2n) is 5.23. The number of rotatable bonds is 2. The van der Waals surface area contributed by atoms with E-state index in [2.05, 4.69) is 0 Å². The zero-order chi connectivity index (χ0) is 15.7. The first-order chi connectivity index (χ1) is 10.6. The van der Waals surface area contributed by atoms with Crippen LogP contribution in [0, 0.1) is 0 Å². The smallest absolute Gasteiger partial charge is 0.266 e. The molecule has 3 rings (SSSR count). The maximum absolute atomic E-state index is 12.8. The summed E-state index contributed by atoms with van der Waals surface area (Å²) in [4.78, 5) is 27.7. The highest BCUT2D eigenvalue weighted by Crippen LogP contribution is 2.33. The van der Waals surface area contributed by atoms with E-state index in [1.807, 2.05) is 49.6 Å². The van der Waals surface area contributed by atoms with Crippen LogP contribution in [0.1, 0.15) is 18.7 Å². The number of carbonyl (C=O) groups excluding carboxylic acids is 2. The van der Waals surface area contributed by atoms with Crippen LogP contribution in [0.3, 0.4) is 0 Å². The van der Waals surface area contributed by atoms with Crippen LogP contribution >= 0.6 is 11.3 Å². The minimum atomic E-state index is -0.263. The summed E-state index contributed by atoms with van der Waals surface area (Å²) >= 11 is 1.54. The molecule has 1 saturated heterocycles. The second-order valence-corrected chi connectivity index (χ2v) is 6.21. The first kappa shape index (κ1) is 14.5. The van der Waals surface area contributed by atoms with Gasteiger partial charge in [-0.25, -0.2) is 4.90 Å². The van der Waals surface area contributed by atoms with Gasteiger partial charge < -0.3 is 0 Å². The van der Waals surface area contributed by atoms with Gasteiger partial charge in [-0.2, -0.15) is 0 Å². The number of anilines is 1. The molecule has 0 bridgehead atoms. The molecule has 1 aromatic heterocycles. The third-order valence-corrected chi connectivity index (χ3v) is 4.28. The lowest BCUT2D eigenvalue weighted by molar-refractivity contribution is -0.119. The van der Waals surface area contributed by atoms with E-state index in [-0.39, 0.29) is 11.8 Å². The lowest BCUT2D eigenvalue weighted by Gasteiger charge is -2.12. The summed E-state index contributed by atoms with van der Waals surface area (Å²) in [6.45, 7) is 3.72. The van der Waals surface area contributed by atoms with Crippen molar-refractivity contribution in [3.8, 4) is 0 Å². The van der Waals surface area contributed by atoms with Crippen molar-refractivity contribution in [2.75, 3.05) is 4.90 Å². The summed E-state index contributed by atoms with van der Waals surface area (Å²) in [5, 5.41) is 1.95. The Bertz CT molecular complexity index is 782. The van der Waals surface area contributed by atoms with Crippen molar-refractivity contribution in [1.29, 1.82) is 0 Å². The van der Waals surface area contributed by atoms with Crippen molar-refractivity contribution in [2.45, 2.75) is 13.8 Å². The zero-order valence-corrected chi connectivity index (χ0v) is 13.2. The van der Waals surface area contributed by atoms with Crippen LogP contribution in [0.2, 0.25) is 0 Å². The summed E-state index contributed by atoms with van der Waals surface area (Å²) in [5.74, 6) is -0.514. The van der Waals surface area contributed by atoms with Gasteiger partial charge in [0, 0.05) is 4.88 Å². The Morgan fingerprint density at radius 2 is 1.73 bits per heavy atom. The highest BCUT2D eigenvalue weighted by atomic mass is 32.1. The number of hydrogen-bond donors (Lipinski definition) is 0. The molecule has 0 spiro atoms. The van der Waals surface area contributed by atoms with Crippen LogP contribution in [-0.4, -0.2) is 11.8 Å². The molecule has 0 unspecified atom stereocenters. The third kappa shape index (κ3) is 2.42. The topological polar surface area (TPSA) is 37.4 Å². The minimum absolute atomic E-state index is 0.251. The maximum atomic E-state index is 12.8. The van der Waals surface area contributed by atoms with Gasteiger partial charge in [0.25, 0.3) is 11.8 Å². The van der Waals surface area contributed by atoms with Crippen LogP contribution < -0.4 is 4.90 Å². The molecule has 0 radical (unpaired) electrons. The quantitative estimate of drug-likeness (QED) is 0.620. The molecule has 22 heavy (non-hydrogen) atoms. The van der Waals surface area contributed by atoms with E-state index in [0.29, 0.717) is 16.8 Å². The predicted molar refractivity (Wildman–Crippen MR) is 89.6 cm³/mol. The molecule has 3 nitrogen and oxygen atoms in total. The van der Waals surface area contributed by atoms with Gasteiger partial charge in [-0.15, -0.1) is 11.3 Å². The van der Waals surface area contributed by atoms with Crippen LogP contribution in [0.4, 0.5) is 5.69 Å². The molecule has 0 atom stereocenters. The Morgan fingerprint density at radius 1 is 1.00 bits per heavy atom. The number of imide groups is 1. The largest absolute Gasteiger partial charge is 0.268 e. The van der Waals surface area contributed by atoms with E-state index in [4.69, 9.17) is 0 Å². The number of thiophene rings is 1. The summed E-state index contributed by atoms with van der Waals surface area (Å²) in [7, 11) is 0. The van der Waals surface area contributed by atoms with E-state index >= 15 is 0 Å². The predicted octanol–water partition coefficient (Wildman–Crippen LogP) is 4.04. The maximum Gasteiger partial charge on any atom is 0.266 e. The molecule has 2 amide bonds. The summed E-state index contributed by atoms with van der Waals surface area (Å²) in [6, 6.07) is 12.9. The molecule has 1 aromatic carbocycles. The Kier molecular flexibility index (Phi) is 3.77. The van der Waals surface area contributed by atoms with Crippen molar-refractivity contribution in [2.24, 2.45) is 0 Å². The molecule has 0 N–H and O–H groups in total. The summed E-state index contributed by atoms with van der Waals surface area (Å²) < 4.78 is 0. The van der Waals surface area contributed by atoms with Crippen molar-refractivity contribution in [3.63, 3.8) is 0 Å². The minimum Gasteiger partial charge on any atom is -0.268 e. The van der Waals surface area contributed by atoms with Crippen LogP contribution in [0.15, 0.2) is 64.6 Å². The van der Waals surface area contributed by atoms with Crippen LogP contribution in [0.5, 0.6) is 0 Å². The molecule has 0 aliphatic carbocycles. The zero-order valence-electron chi connectivity index (χ0n) is 12.4. The lowest BCUT2D eigenvalue weighted by atomic mass is 10.0. The van der Waals surface area contributed by atoms with Crippen molar-refractivity contribution < 1.29 is 9.59 Å². The molecular formula is C18H15NO2S. The standard InChI is InChI=1S/C18H15NO2S/c1-12(2)16-15(11-14-9-6-10-22-14)17(20)19(18(16)21)13-7-4-3-5-8-13/h3-11H,1-2H3/b15-11+. The fraction of sp³-hybridized carbons (Fsp3) is 0.111. The Labute approximate surface area is 133 Å². The Hall–Kier alpha value is -2.46. The molecule has 1 aliphatic rings. The fourth-order valence-electron chi connectivity index (χ4n) is 2.49. The molecule has 110 valence electrons. The number of benzene rings is 1. The number of carbonyl (C=O) groups is 2. The molecule has 1 fully saturated rings. The normalized spacial score (nSPS) is 16.7. The average Bonchev–Trinajstić information content (AvgIpc) is 3.08. The van der Waals surface area contributed by atoms with Gasteiger partial charge in [-0.05, 0) is 43.5 Å². The highest BCUT2D eigenvalue weighted by molar-refractivity contribution is 7.10. The number of nitrogens with zero attached hydrogens (tertiary/aromatic N) is 1. The van der Waals surface area contributed by atoms with Gasteiger partial charge in [0.1, 0.15) is 0 Å². The molecular weight excluding hydrogens is 294 g/mol. The summed E-state index contributed by atoms with van der Waals surface area (Å²) in [5.41, 5.74) is 2.42. The average molecular weight is 309 g/mol. The van der Waals surface area contributed by atoms with Gasteiger partial charge in [-0.1, -0.05) is 29.8 Å². The van der Waals surface area contributed by atoms with Crippen molar-refractivity contribution in [1.82, 2.24) is 0 Å². The molecule has 4 heteroatoms. The van der Waals surface area contributed by atoms with Gasteiger partial charge in [0.05, 0.1) is 16.8 Å². The van der Waals surface area contributed by atoms with E-state index in [0.717, 1.165) is 10.5 Å². The first-order valence-corrected chi connectivity index (χ1v) is 7.84. The van der Waals surface area contributed by atoms with E-state index in [1.165, 1.54) is 4.90 Å². The highest BCUT2D eigenvalue weighted by Gasteiger charge is 2.40. The molecule has 0 saturated carbocycles. The molecule has 1 aliphatic heterocycles. The Balaban J connectivity index is 2.13. The van der Waals surface area contributed by atoms with E-state index in [9.17, 15) is 9.59 Å². The first-order valence-electron chi connectivity index (χ1n) is 6.96. The lowest BCUT2D eigenvalue weighted by Crippen LogP contribution is -2.29. The van der Waals surface area contributed by atoms with Gasteiger partial charge in [0.2, 0.25) is 0 Å². The van der Waals surface area contributed by atoms with Crippen LogP contribution in [0.25, 0.3) is 6.08 Å². The fourth-order valence-corrected chi connectivity index (χ4v) is 3.15. The third-order valence-electron chi connectivity index (χ3n) is 3.46. The monoisotopic (exact) mass is 309 g/mol. The number of para-hydroxylation sites is 1. The van der Waals surface area contributed by atoms with Gasteiger partial charge in [0.15, 0.2) is 0 Å². The van der Waals surface area contributed by atoms with Gasteiger partial charge in [-0.3, -0.25) is 9.59 Å². The molecule has 2 aromatic rings. The second kappa shape index (κ2) is 5.73.